The van der Waals surface area contributed by atoms with Crippen molar-refractivity contribution in [1.29, 1.82) is 0 Å². The number of ether oxygens (including phenoxy) is 2. The Morgan fingerprint density at radius 3 is 2.50 bits per heavy atom. The molecule has 0 amide bonds. The van der Waals surface area contributed by atoms with Crippen LogP contribution in [0.15, 0.2) is 48.5 Å². The van der Waals surface area contributed by atoms with Crippen molar-refractivity contribution in [2.24, 2.45) is 0 Å². The molecule has 1 heterocycles. The predicted molar refractivity (Wildman–Crippen MR) is 103 cm³/mol. The van der Waals surface area contributed by atoms with Gasteiger partial charge in [-0.1, -0.05) is 24.3 Å². The normalized spacial score (nSPS) is 16.9. The van der Waals surface area contributed by atoms with Crippen LogP contribution in [0, 0.1) is 0 Å². The minimum atomic E-state index is 0.0413. The van der Waals surface area contributed by atoms with Gasteiger partial charge in [-0.25, -0.2) is 4.98 Å². The van der Waals surface area contributed by atoms with Crippen LogP contribution < -0.4 is 4.74 Å². The number of methoxy groups -OCH3 is 2. The molecule has 0 aliphatic heterocycles. The highest BCUT2D eigenvalue weighted by atomic mass is 16.5. The van der Waals surface area contributed by atoms with Crippen LogP contribution >= 0.6 is 0 Å². The first-order valence-corrected chi connectivity index (χ1v) is 9.10. The number of benzene rings is 2. The first-order chi connectivity index (χ1) is 12.8. The predicted octanol–water partition coefficient (Wildman–Crippen LogP) is 4.77. The highest BCUT2D eigenvalue weighted by Gasteiger charge is 2.29. The monoisotopic (exact) mass is 343 g/mol. The Kier molecular flexibility index (Phi) is 3.57. The van der Waals surface area contributed by atoms with E-state index in [-0.39, 0.29) is 6.10 Å². The molecule has 0 N–H and O–H groups in total. The molecule has 26 heavy (non-hydrogen) atoms. The van der Waals surface area contributed by atoms with E-state index in [9.17, 15) is 0 Å². The number of hydrogen-bond acceptors (Lipinski definition) is 3. The molecule has 0 radical (unpaired) electrons. The van der Waals surface area contributed by atoms with Gasteiger partial charge in [0.2, 0.25) is 0 Å². The van der Waals surface area contributed by atoms with E-state index >= 15 is 0 Å². The van der Waals surface area contributed by atoms with Crippen molar-refractivity contribution in [3.63, 3.8) is 0 Å². The molecule has 2 aromatic carbocycles. The molecule has 0 unspecified atom stereocenters. The van der Waals surface area contributed by atoms with Gasteiger partial charge in [0.15, 0.2) is 0 Å². The average Bonchev–Trinajstić information content (AvgIpc) is 2.71. The molecule has 3 heteroatoms. The van der Waals surface area contributed by atoms with E-state index in [0.717, 1.165) is 36.4 Å². The van der Waals surface area contributed by atoms with Crippen LogP contribution in [-0.2, 0) is 24.0 Å². The fourth-order valence-corrected chi connectivity index (χ4v) is 4.31. The van der Waals surface area contributed by atoms with E-state index in [0.29, 0.717) is 0 Å². The second kappa shape index (κ2) is 5.96. The molecule has 2 aliphatic carbocycles. The highest BCUT2D eigenvalue weighted by Crippen LogP contribution is 2.43. The van der Waals surface area contributed by atoms with Crippen molar-refractivity contribution in [2.75, 3.05) is 14.2 Å². The van der Waals surface area contributed by atoms with Crippen LogP contribution in [0.2, 0.25) is 0 Å². The third-order valence-corrected chi connectivity index (χ3v) is 5.67. The summed E-state index contributed by atoms with van der Waals surface area (Å²) in [4.78, 5) is 5.17. The summed E-state index contributed by atoms with van der Waals surface area (Å²) in [5, 5.41) is 0. The van der Waals surface area contributed by atoms with Crippen molar-refractivity contribution in [2.45, 2.75) is 25.4 Å². The number of fused-ring (bicyclic) bond motifs is 6. The van der Waals surface area contributed by atoms with E-state index < -0.39 is 0 Å². The molecular formula is C23H21NO2. The molecule has 3 nitrogen and oxygen atoms in total. The molecular weight excluding hydrogens is 322 g/mol. The highest BCUT2D eigenvalue weighted by molar-refractivity contribution is 5.78. The number of nitrogens with zero attached hydrogens (tertiary/aromatic N) is 1. The first-order valence-electron chi connectivity index (χ1n) is 9.10. The molecule has 130 valence electrons. The van der Waals surface area contributed by atoms with Crippen molar-refractivity contribution in [3.8, 4) is 28.3 Å². The molecule has 0 spiro atoms. The summed E-state index contributed by atoms with van der Waals surface area (Å²) in [6, 6.07) is 17.2. The number of pyridine rings is 1. The second-order valence-corrected chi connectivity index (χ2v) is 7.04. The number of rotatable bonds is 2. The van der Waals surface area contributed by atoms with Gasteiger partial charge in [-0.15, -0.1) is 0 Å². The number of aryl methyl sites for hydroxylation is 2. The van der Waals surface area contributed by atoms with Gasteiger partial charge in [0.1, 0.15) is 5.75 Å². The van der Waals surface area contributed by atoms with Gasteiger partial charge < -0.3 is 9.47 Å². The summed E-state index contributed by atoms with van der Waals surface area (Å²) >= 11 is 0. The van der Waals surface area contributed by atoms with E-state index in [1.165, 1.54) is 33.4 Å². The van der Waals surface area contributed by atoms with Gasteiger partial charge in [0, 0.05) is 30.2 Å². The lowest BCUT2D eigenvalue weighted by Crippen LogP contribution is -2.17. The Balaban J connectivity index is 1.75. The van der Waals surface area contributed by atoms with E-state index in [2.05, 4.69) is 42.5 Å². The second-order valence-electron chi connectivity index (χ2n) is 7.04. The quantitative estimate of drug-likeness (QED) is 0.672. The summed E-state index contributed by atoms with van der Waals surface area (Å²) in [5.74, 6) is 0.880. The summed E-state index contributed by atoms with van der Waals surface area (Å²) in [5.41, 5.74) is 9.82. The van der Waals surface area contributed by atoms with E-state index in [4.69, 9.17) is 14.5 Å². The zero-order chi connectivity index (χ0) is 17.7. The fourth-order valence-electron chi connectivity index (χ4n) is 4.31. The SMILES string of the molecule is COc1ccc2c(c1)C[C@@H](OC)c1cc3c(nc1-2)-c1ccccc1CC3. The number of hydrogen-bond donors (Lipinski definition) is 0. The van der Waals surface area contributed by atoms with Gasteiger partial charge in [-0.2, -0.15) is 0 Å². The molecule has 2 aliphatic rings. The van der Waals surface area contributed by atoms with Crippen LogP contribution in [0.25, 0.3) is 22.5 Å². The average molecular weight is 343 g/mol. The van der Waals surface area contributed by atoms with E-state index in [1.807, 2.05) is 6.07 Å². The molecule has 0 saturated heterocycles. The molecule has 1 atom stereocenters. The molecule has 5 rings (SSSR count). The maximum Gasteiger partial charge on any atom is 0.119 e. The van der Waals surface area contributed by atoms with E-state index in [1.54, 1.807) is 14.2 Å². The Morgan fingerprint density at radius 2 is 1.65 bits per heavy atom. The molecule has 0 fully saturated rings. The van der Waals surface area contributed by atoms with Crippen molar-refractivity contribution >= 4 is 0 Å². The van der Waals surface area contributed by atoms with Crippen molar-refractivity contribution in [3.05, 3.63) is 70.8 Å². The lowest BCUT2D eigenvalue weighted by molar-refractivity contribution is 0.102. The van der Waals surface area contributed by atoms with Crippen molar-refractivity contribution < 1.29 is 9.47 Å². The minimum absolute atomic E-state index is 0.0413. The zero-order valence-electron chi connectivity index (χ0n) is 15.1. The smallest absolute Gasteiger partial charge is 0.119 e. The van der Waals surface area contributed by atoms with Crippen molar-refractivity contribution in [1.82, 2.24) is 4.98 Å². The Bertz CT molecular complexity index is 1010. The Hall–Kier alpha value is -2.65. The third kappa shape index (κ3) is 2.27. The topological polar surface area (TPSA) is 31.4 Å². The van der Waals surface area contributed by atoms with Gasteiger partial charge in [0.25, 0.3) is 0 Å². The van der Waals surface area contributed by atoms with Gasteiger partial charge in [-0.3, -0.25) is 0 Å². The largest absolute Gasteiger partial charge is 0.497 e. The third-order valence-electron chi connectivity index (χ3n) is 5.67. The first kappa shape index (κ1) is 15.6. The molecule has 3 aromatic rings. The fraction of sp³-hybridized carbons (Fsp3) is 0.261. The number of aromatic nitrogens is 1. The zero-order valence-corrected chi connectivity index (χ0v) is 15.1. The van der Waals surface area contributed by atoms with Gasteiger partial charge in [-0.05, 0) is 53.8 Å². The van der Waals surface area contributed by atoms with Gasteiger partial charge in [0.05, 0.1) is 24.6 Å². The van der Waals surface area contributed by atoms with Crippen LogP contribution in [0.1, 0.15) is 28.4 Å². The van der Waals surface area contributed by atoms with Gasteiger partial charge >= 0.3 is 0 Å². The van der Waals surface area contributed by atoms with Crippen LogP contribution in [0.3, 0.4) is 0 Å². The van der Waals surface area contributed by atoms with Crippen LogP contribution in [0.4, 0.5) is 0 Å². The lowest BCUT2D eigenvalue weighted by Gasteiger charge is -2.29. The van der Waals surface area contributed by atoms with Crippen LogP contribution in [0.5, 0.6) is 5.75 Å². The Morgan fingerprint density at radius 1 is 0.846 bits per heavy atom. The Labute approximate surface area is 153 Å². The molecule has 1 aromatic heterocycles. The standard InChI is InChI=1S/C23H21NO2/c1-25-17-9-10-19-16(11-17)13-21(26-2)20-12-15-8-7-14-5-3-4-6-18(14)22(15)24-23(19)20/h3-6,9-12,21H,7-8,13H2,1-2H3/t21-/m1/s1. The summed E-state index contributed by atoms with van der Waals surface area (Å²) in [7, 11) is 3.49. The molecule has 0 saturated carbocycles. The minimum Gasteiger partial charge on any atom is -0.497 e. The lowest BCUT2D eigenvalue weighted by atomic mass is 9.82. The summed E-state index contributed by atoms with van der Waals surface area (Å²) in [6.45, 7) is 0. The summed E-state index contributed by atoms with van der Waals surface area (Å²) in [6.07, 6.45) is 3.01. The maximum absolute atomic E-state index is 5.83. The maximum atomic E-state index is 5.83. The van der Waals surface area contributed by atoms with Crippen LogP contribution in [-0.4, -0.2) is 19.2 Å². The molecule has 0 bridgehead atoms. The summed E-state index contributed by atoms with van der Waals surface area (Å²) < 4.78 is 11.2.